The van der Waals surface area contributed by atoms with E-state index in [4.69, 9.17) is 4.74 Å². The van der Waals surface area contributed by atoms with Gasteiger partial charge in [-0.15, -0.1) is 11.3 Å². The largest absolute Gasteiger partial charge is 0.447 e. The van der Waals surface area contributed by atoms with Crippen molar-refractivity contribution in [3.63, 3.8) is 0 Å². The lowest BCUT2D eigenvalue weighted by molar-refractivity contribution is 0.0726. The molecule has 0 aliphatic carbocycles. The van der Waals surface area contributed by atoms with Crippen LogP contribution in [0.1, 0.15) is 34.8 Å². The van der Waals surface area contributed by atoms with E-state index in [-0.39, 0.29) is 18.1 Å². The molecule has 9 nitrogen and oxygen atoms in total. The van der Waals surface area contributed by atoms with Crippen molar-refractivity contribution >= 4 is 40.5 Å². The zero-order valence-corrected chi connectivity index (χ0v) is 20.8. The van der Waals surface area contributed by atoms with Crippen LogP contribution in [-0.2, 0) is 17.7 Å². The maximum atomic E-state index is 12.5. The number of hydrogen-bond acceptors (Lipinski definition) is 7. The second-order valence-corrected chi connectivity index (χ2v) is 9.56. The van der Waals surface area contributed by atoms with Gasteiger partial charge in [0, 0.05) is 35.2 Å². The molecule has 36 heavy (non-hydrogen) atoms. The molecule has 4 aromatic rings. The molecule has 2 amide bonds. The third-order valence-electron chi connectivity index (χ3n) is 5.76. The molecular formula is C26H26N6O3S. The smallest absolute Gasteiger partial charge is 0.410 e. The fourth-order valence-electron chi connectivity index (χ4n) is 4.13. The summed E-state index contributed by atoms with van der Waals surface area (Å²) in [5.74, 6) is 0.182. The van der Waals surface area contributed by atoms with E-state index < -0.39 is 0 Å². The molecule has 4 heterocycles. The van der Waals surface area contributed by atoms with Crippen molar-refractivity contribution in [2.24, 2.45) is 0 Å². The number of benzene rings is 1. The highest BCUT2D eigenvalue weighted by molar-refractivity contribution is 7.11. The van der Waals surface area contributed by atoms with Crippen molar-refractivity contribution in [3.05, 3.63) is 76.5 Å². The summed E-state index contributed by atoms with van der Waals surface area (Å²) in [6, 6.07) is 13.7. The normalized spacial score (nSPS) is 12.8. The number of ether oxygens (including phenoxy) is 1. The zero-order chi connectivity index (χ0) is 25.1. The van der Waals surface area contributed by atoms with Crippen LogP contribution in [0.25, 0.3) is 11.3 Å². The lowest BCUT2D eigenvalue weighted by Gasteiger charge is -2.27. The van der Waals surface area contributed by atoms with Crippen LogP contribution in [0.2, 0.25) is 0 Å². The second-order valence-electron chi connectivity index (χ2n) is 8.68. The molecule has 0 saturated heterocycles. The predicted molar refractivity (Wildman–Crippen MR) is 140 cm³/mol. The number of aromatic nitrogens is 3. The van der Waals surface area contributed by atoms with Gasteiger partial charge in [0.25, 0.3) is 5.91 Å². The summed E-state index contributed by atoms with van der Waals surface area (Å²) in [6.45, 7) is 4.67. The van der Waals surface area contributed by atoms with Crippen molar-refractivity contribution in [2.45, 2.75) is 32.9 Å². The monoisotopic (exact) mass is 502 g/mol. The number of carbonyl (C=O) groups is 2. The summed E-state index contributed by atoms with van der Waals surface area (Å²) in [7, 11) is 0. The first-order chi connectivity index (χ1) is 17.5. The Hall–Kier alpha value is -4.18. The van der Waals surface area contributed by atoms with Gasteiger partial charge in [-0.3, -0.25) is 9.78 Å². The number of rotatable bonds is 6. The number of anilines is 3. The summed E-state index contributed by atoms with van der Waals surface area (Å²) in [5.41, 5.74) is 7.29. The maximum absolute atomic E-state index is 12.5. The number of hydrogen-bond donors (Lipinski definition) is 3. The fraction of sp³-hybridized carbons (Fsp3) is 0.231. The highest BCUT2D eigenvalue weighted by Gasteiger charge is 2.28. The number of H-pyrrole nitrogens is 1. The molecule has 3 aromatic heterocycles. The number of nitrogens with zero attached hydrogens (tertiary/aromatic N) is 3. The Kier molecular flexibility index (Phi) is 6.68. The highest BCUT2D eigenvalue weighted by atomic mass is 32.1. The molecule has 0 radical (unpaired) electrons. The van der Waals surface area contributed by atoms with Crippen LogP contribution in [0.3, 0.4) is 0 Å². The summed E-state index contributed by atoms with van der Waals surface area (Å²) in [5, 5.41) is 6.40. The van der Waals surface area contributed by atoms with Crippen LogP contribution in [0.5, 0.6) is 0 Å². The zero-order valence-electron chi connectivity index (χ0n) is 19.9. The van der Waals surface area contributed by atoms with Crippen LogP contribution in [0, 0.1) is 0 Å². The highest BCUT2D eigenvalue weighted by Crippen LogP contribution is 2.38. The summed E-state index contributed by atoms with van der Waals surface area (Å²) in [6.07, 6.45) is 3.37. The van der Waals surface area contributed by atoms with Crippen molar-refractivity contribution in [1.82, 2.24) is 19.9 Å². The van der Waals surface area contributed by atoms with Crippen LogP contribution >= 0.6 is 11.3 Å². The van der Waals surface area contributed by atoms with E-state index in [1.807, 2.05) is 56.3 Å². The van der Waals surface area contributed by atoms with Gasteiger partial charge in [0.15, 0.2) is 0 Å². The van der Waals surface area contributed by atoms with Crippen molar-refractivity contribution in [2.75, 3.05) is 17.2 Å². The average Bonchev–Trinajstić information content (AvgIpc) is 3.53. The molecule has 1 aromatic carbocycles. The summed E-state index contributed by atoms with van der Waals surface area (Å²) in [4.78, 5) is 39.1. The molecule has 5 rings (SSSR count). The Morgan fingerprint density at radius 2 is 2.03 bits per heavy atom. The second kappa shape index (κ2) is 10.2. The lowest BCUT2D eigenvalue weighted by Crippen LogP contribution is -2.37. The minimum Gasteiger partial charge on any atom is -0.447 e. The van der Waals surface area contributed by atoms with E-state index in [1.54, 1.807) is 16.6 Å². The number of nitrogens with one attached hydrogen (secondary N) is 3. The van der Waals surface area contributed by atoms with Crippen molar-refractivity contribution < 1.29 is 14.3 Å². The third kappa shape index (κ3) is 5.08. The number of para-hydroxylation sites is 1. The standard InChI is InChI=1S/C26H26N6O3S/c1-16(2)35-26(34)32-11-9-19-20(14-32)30-23(24(19)29-18-6-4-3-5-7-18)17-8-10-28-22(12-17)31-25(33)21-13-27-15-36-21/h3-8,10,12-13,15-16,29-30H,9,11,14H2,1-2H3,(H,28,31,33). The summed E-state index contributed by atoms with van der Waals surface area (Å²) < 4.78 is 5.41. The molecule has 10 heteroatoms. The molecule has 0 spiro atoms. The number of carbonyl (C=O) groups excluding carboxylic acids is 2. The minimum atomic E-state index is -0.318. The third-order valence-corrected chi connectivity index (χ3v) is 6.53. The van der Waals surface area contributed by atoms with Crippen LogP contribution < -0.4 is 10.6 Å². The number of amides is 2. The average molecular weight is 503 g/mol. The Balaban J connectivity index is 1.48. The van der Waals surface area contributed by atoms with E-state index in [0.717, 1.165) is 33.9 Å². The van der Waals surface area contributed by atoms with Gasteiger partial charge in [-0.05, 0) is 44.5 Å². The fourth-order valence-corrected chi connectivity index (χ4v) is 4.65. The first-order valence-corrected chi connectivity index (χ1v) is 12.5. The van der Waals surface area contributed by atoms with Crippen LogP contribution in [0.4, 0.5) is 22.0 Å². The Bertz CT molecular complexity index is 1370. The predicted octanol–water partition coefficient (Wildman–Crippen LogP) is 5.43. The van der Waals surface area contributed by atoms with Gasteiger partial charge in [0.2, 0.25) is 0 Å². The molecule has 0 atom stereocenters. The topological polar surface area (TPSA) is 112 Å². The molecule has 0 unspecified atom stereocenters. The molecule has 0 saturated carbocycles. The van der Waals surface area contributed by atoms with Gasteiger partial charge >= 0.3 is 6.09 Å². The van der Waals surface area contributed by atoms with Gasteiger partial charge in [-0.1, -0.05) is 18.2 Å². The van der Waals surface area contributed by atoms with Gasteiger partial charge in [0.05, 0.1) is 35.7 Å². The Morgan fingerprint density at radius 3 is 2.78 bits per heavy atom. The van der Waals surface area contributed by atoms with E-state index in [0.29, 0.717) is 30.2 Å². The lowest BCUT2D eigenvalue weighted by atomic mass is 10.0. The Morgan fingerprint density at radius 1 is 1.19 bits per heavy atom. The number of fused-ring (bicyclic) bond motifs is 1. The van der Waals surface area contributed by atoms with Gasteiger partial charge in [-0.25, -0.2) is 9.78 Å². The molecule has 0 fully saturated rings. The number of pyridine rings is 1. The minimum absolute atomic E-state index is 0.177. The first kappa shape index (κ1) is 23.6. The molecule has 3 N–H and O–H groups in total. The molecule has 1 aliphatic heterocycles. The number of aromatic amines is 1. The van der Waals surface area contributed by atoms with Gasteiger partial charge in [0.1, 0.15) is 10.7 Å². The van der Waals surface area contributed by atoms with Crippen LogP contribution in [-0.4, -0.2) is 44.5 Å². The molecule has 184 valence electrons. The van der Waals surface area contributed by atoms with Crippen molar-refractivity contribution in [1.29, 1.82) is 0 Å². The van der Waals surface area contributed by atoms with E-state index in [2.05, 4.69) is 25.6 Å². The Labute approximate surface area is 212 Å². The quantitative estimate of drug-likeness (QED) is 0.324. The molecular weight excluding hydrogens is 476 g/mol. The molecule has 0 bridgehead atoms. The van der Waals surface area contributed by atoms with Gasteiger partial charge < -0.3 is 25.3 Å². The van der Waals surface area contributed by atoms with E-state index in [9.17, 15) is 9.59 Å². The summed E-state index contributed by atoms with van der Waals surface area (Å²) >= 11 is 1.27. The molecule has 1 aliphatic rings. The van der Waals surface area contributed by atoms with Crippen LogP contribution in [0.15, 0.2) is 60.4 Å². The van der Waals surface area contributed by atoms with E-state index >= 15 is 0 Å². The van der Waals surface area contributed by atoms with E-state index in [1.165, 1.54) is 17.5 Å². The number of thiazole rings is 1. The SMILES string of the molecule is CC(C)OC(=O)N1CCc2c([nH]c(-c3ccnc(NC(=O)c4cncs4)c3)c2Nc2ccccc2)C1. The van der Waals surface area contributed by atoms with Crippen molar-refractivity contribution in [3.8, 4) is 11.3 Å². The maximum Gasteiger partial charge on any atom is 0.410 e. The van der Waals surface area contributed by atoms with Gasteiger partial charge in [-0.2, -0.15) is 0 Å². The first-order valence-electron chi connectivity index (χ1n) is 11.7.